The molecule has 3 N–H and O–H groups in total. The zero-order valence-corrected chi connectivity index (χ0v) is 19.7. The molecule has 9 heteroatoms. The first-order valence-corrected chi connectivity index (χ1v) is 11.3. The summed E-state index contributed by atoms with van der Waals surface area (Å²) >= 11 is 1.18. The first kappa shape index (κ1) is 23.6. The summed E-state index contributed by atoms with van der Waals surface area (Å²) in [5.41, 5.74) is 0. The summed E-state index contributed by atoms with van der Waals surface area (Å²) in [5, 5.41) is 8.49. The molecule has 0 aromatic carbocycles. The Hall–Kier alpha value is -0.390. The molecule has 0 bridgehead atoms. The minimum absolute atomic E-state index is 0. The monoisotopic (exact) mass is 514 g/mol. The van der Waals surface area contributed by atoms with Crippen LogP contribution >= 0.6 is 35.3 Å². The lowest BCUT2D eigenvalue weighted by atomic mass is 9.83. The maximum atomic E-state index is 11.4. The average molecular weight is 514 g/mol. The summed E-state index contributed by atoms with van der Waals surface area (Å²) in [7, 11) is -1.55. The molecule has 0 unspecified atom stereocenters. The number of hydrogen-bond acceptors (Lipinski definition) is 4. The molecule has 0 amide bonds. The smallest absolute Gasteiger partial charge is 0.247 e. The number of nitrogens with two attached hydrogens (primary N) is 1. The number of sulfonamides is 1. The Morgan fingerprint density at radius 2 is 2.00 bits per heavy atom. The van der Waals surface area contributed by atoms with Gasteiger partial charge in [-0.2, -0.15) is 0 Å². The molecule has 0 spiro atoms. The predicted molar refractivity (Wildman–Crippen MR) is 120 cm³/mol. The van der Waals surface area contributed by atoms with Crippen molar-refractivity contribution in [1.29, 1.82) is 0 Å². The highest BCUT2D eigenvalue weighted by Crippen LogP contribution is 2.28. The van der Waals surface area contributed by atoms with E-state index in [-0.39, 0.29) is 28.2 Å². The fourth-order valence-electron chi connectivity index (χ4n) is 3.20. The molecule has 1 aromatic heterocycles. The van der Waals surface area contributed by atoms with Gasteiger partial charge in [0.1, 0.15) is 4.21 Å². The van der Waals surface area contributed by atoms with E-state index in [1.54, 1.807) is 12.1 Å². The van der Waals surface area contributed by atoms with E-state index in [2.05, 4.69) is 36.1 Å². The predicted octanol–water partition coefficient (Wildman–Crippen LogP) is 3.24. The van der Waals surface area contributed by atoms with Gasteiger partial charge in [0.15, 0.2) is 5.96 Å². The zero-order valence-electron chi connectivity index (χ0n) is 15.8. The van der Waals surface area contributed by atoms with Gasteiger partial charge in [-0.15, -0.1) is 35.3 Å². The van der Waals surface area contributed by atoms with E-state index in [1.807, 2.05) is 0 Å². The van der Waals surface area contributed by atoms with Gasteiger partial charge in [0.2, 0.25) is 10.0 Å². The molecule has 1 aliphatic carbocycles. The number of nitrogens with zero attached hydrogens (tertiary/aromatic N) is 2. The van der Waals surface area contributed by atoms with Crippen LogP contribution in [0.2, 0.25) is 0 Å². The molecular weight excluding hydrogens is 483 g/mol. The third kappa shape index (κ3) is 7.32. The summed E-state index contributed by atoms with van der Waals surface area (Å²) in [6, 6.07) is 3.32. The largest absolute Gasteiger partial charge is 0.357 e. The van der Waals surface area contributed by atoms with Crippen molar-refractivity contribution in [3.8, 4) is 0 Å². The van der Waals surface area contributed by atoms with Crippen LogP contribution in [0, 0.1) is 11.8 Å². The SMILES string of the molecule is CCNC(=NCc1ccc(S(N)(=O)=O)s1)N(C)CC1CCC(C)CC1.I. The van der Waals surface area contributed by atoms with Gasteiger partial charge in [0, 0.05) is 25.0 Å². The van der Waals surface area contributed by atoms with Crippen LogP contribution in [0.15, 0.2) is 21.3 Å². The Morgan fingerprint density at radius 3 is 2.54 bits per heavy atom. The fourth-order valence-corrected chi connectivity index (χ4v) is 4.91. The molecule has 6 nitrogen and oxygen atoms in total. The highest BCUT2D eigenvalue weighted by Gasteiger charge is 2.20. The normalized spacial score (nSPS) is 21.2. The highest BCUT2D eigenvalue weighted by atomic mass is 127. The molecule has 150 valence electrons. The van der Waals surface area contributed by atoms with E-state index in [0.29, 0.717) is 6.54 Å². The van der Waals surface area contributed by atoms with Crippen molar-refractivity contribution in [2.24, 2.45) is 22.0 Å². The van der Waals surface area contributed by atoms with E-state index >= 15 is 0 Å². The Morgan fingerprint density at radius 1 is 1.35 bits per heavy atom. The van der Waals surface area contributed by atoms with Crippen LogP contribution in [0.1, 0.15) is 44.4 Å². The van der Waals surface area contributed by atoms with Crippen molar-refractivity contribution in [2.45, 2.75) is 50.3 Å². The van der Waals surface area contributed by atoms with E-state index < -0.39 is 10.0 Å². The number of guanidine groups is 1. The number of halogens is 1. The maximum Gasteiger partial charge on any atom is 0.247 e. The van der Waals surface area contributed by atoms with Gasteiger partial charge >= 0.3 is 0 Å². The first-order chi connectivity index (χ1) is 11.8. The summed E-state index contributed by atoms with van der Waals surface area (Å²) in [6.45, 7) is 6.65. The Labute approximate surface area is 178 Å². The number of thiophene rings is 1. The number of nitrogens with one attached hydrogen (secondary N) is 1. The van der Waals surface area contributed by atoms with Gasteiger partial charge in [0.05, 0.1) is 6.54 Å². The minimum Gasteiger partial charge on any atom is -0.357 e. The Balaban J connectivity index is 0.00000338. The van der Waals surface area contributed by atoms with E-state index in [4.69, 9.17) is 5.14 Å². The van der Waals surface area contributed by atoms with Crippen molar-refractivity contribution in [3.63, 3.8) is 0 Å². The summed E-state index contributed by atoms with van der Waals surface area (Å²) < 4.78 is 22.9. The zero-order chi connectivity index (χ0) is 18.4. The van der Waals surface area contributed by atoms with Crippen molar-refractivity contribution >= 4 is 51.3 Å². The van der Waals surface area contributed by atoms with Crippen LogP contribution in [0.4, 0.5) is 0 Å². The third-order valence-corrected chi connectivity index (χ3v) is 7.17. The van der Waals surface area contributed by atoms with Crippen molar-refractivity contribution < 1.29 is 8.42 Å². The topological polar surface area (TPSA) is 87.8 Å². The van der Waals surface area contributed by atoms with E-state index in [0.717, 1.165) is 35.8 Å². The maximum absolute atomic E-state index is 11.4. The Bertz CT molecular complexity index is 683. The average Bonchev–Trinajstić information content (AvgIpc) is 3.02. The number of aliphatic imine (C=N–C) groups is 1. The molecule has 0 radical (unpaired) electrons. The molecule has 1 aromatic rings. The minimum atomic E-state index is -3.63. The second kappa shape index (κ2) is 10.8. The summed E-state index contributed by atoms with van der Waals surface area (Å²) in [6.07, 6.45) is 5.20. The lowest BCUT2D eigenvalue weighted by molar-refractivity contribution is 0.250. The second-order valence-electron chi connectivity index (χ2n) is 6.94. The van der Waals surface area contributed by atoms with Crippen LogP contribution in [-0.2, 0) is 16.6 Å². The van der Waals surface area contributed by atoms with Crippen molar-refractivity contribution in [1.82, 2.24) is 10.2 Å². The number of hydrogen-bond donors (Lipinski definition) is 2. The Kier molecular flexibility index (Phi) is 9.84. The first-order valence-electron chi connectivity index (χ1n) is 8.90. The van der Waals surface area contributed by atoms with Gasteiger partial charge in [-0.1, -0.05) is 19.8 Å². The van der Waals surface area contributed by atoms with Gasteiger partial charge in [-0.05, 0) is 43.7 Å². The molecule has 0 saturated heterocycles. The van der Waals surface area contributed by atoms with Gasteiger partial charge in [0.25, 0.3) is 0 Å². The van der Waals surface area contributed by atoms with Crippen LogP contribution in [-0.4, -0.2) is 39.4 Å². The van der Waals surface area contributed by atoms with Gasteiger partial charge < -0.3 is 10.2 Å². The van der Waals surface area contributed by atoms with Crippen LogP contribution in [0.5, 0.6) is 0 Å². The molecule has 26 heavy (non-hydrogen) atoms. The van der Waals surface area contributed by atoms with Gasteiger partial charge in [-0.3, -0.25) is 0 Å². The number of primary sulfonamides is 1. The fraction of sp³-hybridized carbons (Fsp3) is 0.706. The number of rotatable bonds is 6. The molecule has 2 rings (SSSR count). The second-order valence-corrected chi connectivity index (χ2v) is 9.90. The molecular formula is C17H31IN4O2S2. The van der Waals surface area contributed by atoms with E-state index in [9.17, 15) is 8.42 Å². The van der Waals surface area contributed by atoms with Crippen LogP contribution < -0.4 is 10.5 Å². The quantitative estimate of drug-likeness (QED) is 0.347. The van der Waals surface area contributed by atoms with Crippen LogP contribution in [0.3, 0.4) is 0 Å². The van der Waals surface area contributed by atoms with Gasteiger partial charge in [-0.25, -0.2) is 18.5 Å². The van der Waals surface area contributed by atoms with Crippen molar-refractivity contribution in [3.05, 3.63) is 17.0 Å². The molecule has 1 saturated carbocycles. The summed E-state index contributed by atoms with van der Waals surface area (Å²) in [5.74, 6) is 2.45. The lowest BCUT2D eigenvalue weighted by Gasteiger charge is -2.31. The molecule has 1 aliphatic rings. The summed E-state index contributed by atoms with van der Waals surface area (Å²) in [4.78, 5) is 7.75. The molecule has 1 heterocycles. The highest BCUT2D eigenvalue weighted by molar-refractivity contribution is 14.0. The lowest BCUT2D eigenvalue weighted by Crippen LogP contribution is -2.41. The molecule has 0 atom stereocenters. The standard InChI is InChI=1S/C17H30N4O2S2.HI/c1-4-19-17(21(3)12-14-7-5-13(2)6-8-14)20-11-15-9-10-16(24-15)25(18,22)23;/h9-10,13-14H,4-8,11-12H2,1-3H3,(H,19,20)(H2,18,22,23);1H. The van der Waals surface area contributed by atoms with Crippen LogP contribution in [0.25, 0.3) is 0 Å². The molecule has 1 fully saturated rings. The third-order valence-electron chi connectivity index (χ3n) is 4.67. The molecule has 0 aliphatic heterocycles. The van der Waals surface area contributed by atoms with E-state index in [1.165, 1.54) is 37.0 Å². The van der Waals surface area contributed by atoms with Crippen molar-refractivity contribution in [2.75, 3.05) is 20.1 Å².